The number of carbonyl (C=O) groups is 2. The number of pyridine rings is 1. The second-order valence-electron chi connectivity index (χ2n) is 7.56. The Morgan fingerprint density at radius 1 is 1.28 bits per heavy atom. The maximum absolute atomic E-state index is 12.9. The van der Waals surface area contributed by atoms with E-state index in [0.29, 0.717) is 22.3 Å². The number of nitrogens with one attached hydrogen (secondary N) is 1. The van der Waals surface area contributed by atoms with Crippen molar-refractivity contribution in [2.75, 3.05) is 29.9 Å². The highest BCUT2D eigenvalue weighted by Gasteiger charge is 2.45. The van der Waals surface area contributed by atoms with Gasteiger partial charge >= 0.3 is 0 Å². The summed E-state index contributed by atoms with van der Waals surface area (Å²) in [6.07, 6.45) is 1.86. The number of aromatic nitrogens is 1. The van der Waals surface area contributed by atoms with Crippen molar-refractivity contribution in [2.45, 2.75) is 26.8 Å². The van der Waals surface area contributed by atoms with Crippen LogP contribution in [0.25, 0.3) is 0 Å². The van der Waals surface area contributed by atoms with E-state index < -0.39 is 5.41 Å². The number of anilines is 2. The molecule has 2 heterocycles. The average molecular weight is 435 g/mol. The molecule has 0 spiro atoms. The quantitative estimate of drug-likeness (QED) is 0.748. The maximum atomic E-state index is 12.9. The van der Waals surface area contributed by atoms with Gasteiger partial charge in [0.05, 0.1) is 5.41 Å². The molecular formula is C21H24Cl2N4O2. The van der Waals surface area contributed by atoms with Gasteiger partial charge in [0.25, 0.3) is 0 Å². The van der Waals surface area contributed by atoms with Gasteiger partial charge in [0.1, 0.15) is 5.82 Å². The third kappa shape index (κ3) is 4.82. The van der Waals surface area contributed by atoms with Crippen LogP contribution in [0.2, 0.25) is 10.0 Å². The monoisotopic (exact) mass is 434 g/mol. The molecule has 1 aliphatic heterocycles. The largest absolute Gasteiger partial charge is 0.360 e. The standard InChI is InChI=1S/C21H24Cl2N4O2/c1-4-26(3)18-7-14(5-6-24-18)12-25-20(29)21(2)11-19(28)27(13-21)17-9-15(22)8-16(23)10-17/h5-10H,4,11-13H2,1-3H3,(H,25,29). The van der Waals surface area contributed by atoms with Crippen molar-refractivity contribution in [3.63, 3.8) is 0 Å². The minimum absolute atomic E-state index is 0.128. The SMILES string of the molecule is CCN(C)c1cc(CNC(=O)C2(C)CC(=O)N(c3cc(Cl)cc(Cl)c3)C2)ccn1. The van der Waals surface area contributed by atoms with Crippen LogP contribution in [0.15, 0.2) is 36.5 Å². The molecule has 1 aliphatic rings. The summed E-state index contributed by atoms with van der Waals surface area (Å²) in [6.45, 7) is 5.34. The summed E-state index contributed by atoms with van der Waals surface area (Å²) in [5.74, 6) is 0.561. The highest BCUT2D eigenvalue weighted by Crippen LogP contribution is 2.36. The molecule has 2 aromatic rings. The Hall–Kier alpha value is -2.31. The van der Waals surface area contributed by atoms with Gasteiger partial charge < -0.3 is 15.1 Å². The van der Waals surface area contributed by atoms with Crippen LogP contribution < -0.4 is 15.1 Å². The Morgan fingerprint density at radius 3 is 2.62 bits per heavy atom. The van der Waals surface area contributed by atoms with Gasteiger partial charge in [-0.3, -0.25) is 9.59 Å². The fraction of sp³-hybridized carbons (Fsp3) is 0.381. The zero-order valence-corrected chi connectivity index (χ0v) is 18.2. The highest BCUT2D eigenvalue weighted by molar-refractivity contribution is 6.35. The molecule has 1 aromatic heterocycles. The Labute approximate surface area is 180 Å². The molecule has 1 unspecified atom stereocenters. The Balaban J connectivity index is 1.69. The molecule has 1 aromatic carbocycles. The van der Waals surface area contributed by atoms with Gasteiger partial charge in [0, 0.05) is 55.0 Å². The molecule has 154 valence electrons. The zero-order chi connectivity index (χ0) is 21.2. The summed E-state index contributed by atoms with van der Waals surface area (Å²) >= 11 is 12.1. The van der Waals surface area contributed by atoms with Crippen molar-refractivity contribution in [3.05, 3.63) is 52.1 Å². The van der Waals surface area contributed by atoms with E-state index in [1.54, 1.807) is 36.2 Å². The minimum Gasteiger partial charge on any atom is -0.360 e. The Kier molecular flexibility index (Phi) is 6.34. The number of hydrogen-bond donors (Lipinski definition) is 1. The van der Waals surface area contributed by atoms with Gasteiger partial charge in [0.15, 0.2) is 0 Å². The first kappa shape index (κ1) is 21.4. The van der Waals surface area contributed by atoms with Crippen molar-refractivity contribution in [1.29, 1.82) is 0 Å². The van der Waals surface area contributed by atoms with E-state index in [1.165, 1.54) is 0 Å². The lowest BCUT2D eigenvalue weighted by Crippen LogP contribution is -2.40. The van der Waals surface area contributed by atoms with Crippen LogP contribution in [0.3, 0.4) is 0 Å². The van der Waals surface area contributed by atoms with Crippen LogP contribution in [0, 0.1) is 5.41 Å². The van der Waals surface area contributed by atoms with Crippen LogP contribution in [-0.4, -0.2) is 36.9 Å². The van der Waals surface area contributed by atoms with Crippen LogP contribution in [0.4, 0.5) is 11.5 Å². The van der Waals surface area contributed by atoms with E-state index in [9.17, 15) is 9.59 Å². The number of nitrogens with zero attached hydrogens (tertiary/aromatic N) is 3. The van der Waals surface area contributed by atoms with E-state index >= 15 is 0 Å². The van der Waals surface area contributed by atoms with Crippen molar-refractivity contribution in [3.8, 4) is 0 Å². The molecule has 0 radical (unpaired) electrons. The third-order valence-corrected chi connectivity index (χ3v) is 5.62. The molecule has 0 saturated carbocycles. The molecule has 1 fully saturated rings. The summed E-state index contributed by atoms with van der Waals surface area (Å²) in [5.41, 5.74) is 0.725. The number of halogens is 2. The highest BCUT2D eigenvalue weighted by atomic mass is 35.5. The molecule has 0 bridgehead atoms. The van der Waals surface area contributed by atoms with Gasteiger partial charge in [0.2, 0.25) is 11.8 Å². The molecular weight excluding hydrogens is 411 g/mol. The van der Waals surface area contributed by atoms with Crippen molar-refractivity contribution in [2.24, 2.45) is 5.41 Å². The summed E-state index contributed by atoms with van der Waals surface area (Å²) < 4.78 is 0. The molecule has 0 aliphatic carbocycles. The van der Waals surface area contributed by atoms with Gasteiger partial charge in [-0.1, -0.05) is 23.2 Å². The number of hydrogen-bond acceptors (Lipinski definition) is 4. The molecule has 1 N–H and O–H groups in total. The smallest absolute Gasteiger partial charge is 0.228 e. The summed E-state index contributed by atoms with van der Waals surface area (Å²) in [6, 6.07) is 8.79. The predicted molar refractivity (Wildman–Crippen MR) is 117 cm³/mol. The van der Waals surface area contributed by atoms with Crippen LogP contribution in [-0.2, 0) is 16.1 Å². The lowest BCUT2D eigenvalue weighted by molar-refractivity contribution is -0.131. The normalized spacial score (nSPS) is 18.8. The molecule has 6 nitrogen and oxygen atoms in total. The second-order valence-corrected chi connectivity index (χ2v) is 8.44. The number of benzene rings is 1. The molecule has 1 atom stereocenters. The lowest BCUT2D eigenvalue weighted by atomic mass is 9.88. The van der Waals surface area contributed by atoms with E-state index in [2.05, 4.69) is 10.3 Å². The second kappa shape index (κ2) is 8.59. The third-order valence-electron chi connectivity index (χ3n) is 5.19. The van der Waals surface area contributed by atoms with Crippen molar-refractivity contribution >= 4 is 46.5 Å². The first-order valence-electron chi connectivity index (χ1n) is 9.42. The molecule has 29 heavy (non-hydrogen) atoms. The Bertz CT molecular complexity index is 916. The van der Waals surface area contributed by atoms with E-state index in [0.717, 1.165) is 17.9 Å². The zero-order valence-electron chi connectivity index (χ0n) is 16.7. The number of amides is 2. The van der Waals surface area contributed by atoms with E-state index in [1.807, 2.05) is 31.0 Å². The van der Waals surface area contributed by atoms with Crippen LogP contribution >= 0.6 is 23.2 Å². The van der Waals surface area contributed by atoms with Gasteiger partial charge in [-0.05, 0) is 49.7 Å². The molecule has 8 heteroatoms. The predicted octanol–water partition coefficient (Wildman–Crippen LogP) is 3.90. The fourth-order valence-electron chi connectivity index (χ4n) is 3.34. The van der Waals surface area contributed by atoms with Crippen LogP contribution in [0.5, 0.6) is 0 Å². The van der Waals surface area contributed by atoms with Gasteiger partial charge in [-0.25, -0.2) is 4.98 Å². The molecule has 3 rings (SSSR count). The van der Waals surface area contributed by atoms with E-state index in [-0.39, 0.29) is 24.8 Å². The summed E-state index contributed by atoms with van der Waals surface area (Å²) in [7, 11) is 1.96. The minimum atomic E-state index is -0.831. The average Bonchev–Trinajstić information content (AvgIpc) is 3.00. The topological polar surface area (TPSA) is 65.5 Å². The maximum Gasteiger partial charge on any atom is 0.228 e. The lowest BCUT2D eigenvalue weighted by Gasteiger charge is -2.24. The van der Waals surface area contributed by atoms with Crippen LogP contribution in [0.1, 0.15) is 25.8 Å². The molecule has 2 amide bonds. The first-order valence-corrected chi connectivity index (χ1v) is 10.2. The van der Waals surface area contributed by atoms with Gasteiger partial charge in [-0.2, -0.15) is 0 Å². The first-order chi connectivity index (χ1) is 13.7. The van der Waals surface area contributed by atoms with Crippen molar-refractivity contribution in [1.82, 2.24) is 10.3 Å². The molecule has 1 saturated heterocycles. The summed E-state index contributed by atoms with van der Waals surface area (Å²) in [5, 5.41) is 3.86. The van der Waals surface area contributed by atoms with Gasteiger partial charge in [-0.15, -0.1) is 0 Å². The fourth-order valence-corrected chi connectivity index (χ4v) is 3.86. The summed E-state index contributed by atoms with van der Waals surface area (Å²) in [4.78, 5) is 33.4. The Morgan fingerprint density at radius 2 is 1.97 bits per heavy atom. The number of rotatable bonds is 6. The van der Waals surface area contributed by atoms with E-state index in [4.69, 9.17) is 23.2 Å². The van der Waals surface area contributed by atoms with Crippen molar-refractivity contribution < 1.29 is 9.59 Å². The number of carbonyl (C=O) groups excluding carboxylic acids is 2.